The number of fused-ring (bicyclic) bond motifs is 2. The summed E-state index contributed by atoms with van der Waals surface area (Å²) in [5, 5.41) is 1.06. The van der Waals surface area contributed by atoms with Crippen molar-refractivity contribution >= 4 is 50.9 Å². The molecule has 2 aliphatic rings. The Bertz CT molecular complexity index is 1850. The lowest BCUT2D eigenvalue weighted by molar-refractivity contribution is -0.670. The number of ketones is 1. The number of anilines is 1. The van der Waals surface area contributed by atoms with Crippen molar-refractivity contribution in [3.8, 4) is 0 Å². The average molecular weight is 652 g/mol. The number of rotatable bonds is 12. The first-order chi connectivity index (χ1) is 22.2. The second kappa shape index (κ2) is 13.7. The van der Waals surface area contributed by atoms with Gasteiger partial charge in [-0.1, -0.05) is 93.6 Å². The lowest BCUT2D eigenvalue weighted by Gasteiger charge is -2.30. The molecule has 0 saturated carbocycles. The fourth-order valence-electron chi connectivity index (χ4n) is 6.36. The van der Waals surface area contributed by atoms with E-state index in [0.29, 0.717) is 19.1 Å². The number of allylic oxidation sites excluding steroid dienone is 4. The minimum Gasteiger partial charge on any atom is -0.383 e. The Morgan fingerprint density at radius 1 is 0.935 bits per heavy atom. The van der Waals surface area contributed by atoms with Gasteiger partial charge in [-0.15, -0.1) is 11.8 Å². The number of methoxy groups -OCH3 is 2. The van der Waals surface area contributed by atoms with Crippen molar-refractivity contribution in [3.05, 3.63) is 122 Å². The summed E-state index contributed by atoms with van der Waals surface area (Å²) in [6, 6.07) is 25.9. The van der Waals surface area contributed by atoms with Crippen molar-refractivity contribution in [1.82, 2.24) is 0 Å². The van der Waals surface area contributed by atoms with E-state index in [9.17, 15) is 4.79 Å². The van der Waals surface area contributed by atoms with E-state index in [-0.39, 0.29) is 11.2 Å². The molecule has 0 spiro atoms. The van der Waals surface area contributed by atoms with Crippen LogP contribution in [0, 0.1) is 0 Å². The van der Waals surface area contributed by atoms with E-state index < -0.39 is 0 Å². The molecule has 6 rings (SSSR count). The molecule has 0 amide bonds. The second-order valence-electron chi connectivity index (χ2n) is 12.7. The summed E-state index contributed by atoms with van der Waals surface area (Å²) in [6.45, 7) is 11.6. The Labute approximate surface area is 281 Å². The van der Waals surface area contributed by atoms with Gasteiger partial charge in [-0.25, -0.2) is 0 Å². The van der Waals surface area contributed by atoms with Crippen LogP contribution in [0.15, 0.2) is 101 Å². The van der Waals surface area contributed by atoms with Crippen molar-refractivity contribution in [1.29, 1.82) is 0 Å². The molecular formula is C39H43N2O3S2+. The van der Waals surface area contributed by atoms with E-state index >= 15 is 0 Å². The zero-order valence-electron chi connectivity index (χ0n) is 27.6. The van der Waals surface area contributed by atoms with Crippen molar-refractivity contribution in [2.75, 3.05) is 38.9 Å². The lowest BCUT2D eigenvalue weighted by Crippen LogP contribution is -2.37. The highest BCUT2D eigenvalue weighted by atomic mass is 32.2. The molecule has 3 aromatic carbocycles. The van der Waals surface area contributed by atoms with Crippen LogP contribution in [0.25, 0.3) is 16.3 Å². The summed E-state index contributed by atoms with van der Waals surface area (Å²) in [5.41, 5.74) is 8.64. The SMILES string of the molecule is COCCN1/C(=C/C2=C(SCc3ccc(C(C)C)cc3)C(=C/c3sc4ccccc4[n+]3CCOC)/C2=O)C(C)(C)c2ccccc21. The summed E-state index contributed by atoms with van der Waals surface area (Å²) >= 11 is 3.48. The molecule has 5 nitrogen and oxygen atoms in total. The number of benzene rings is 3. The number of ether oxygens (including phenoxy) is 2. The third-order valence-corrected chi connectivity index (χ3v) is 11.3. The largest absolute Gasteiger partial charge is 0.383 e. The lowest BCUT2D eigenvalue weighted by atomic mass is 9.81. The quantitative estimate of drug-likeness (QED) is 0.114. The maximum atomic E-state index is 14.2. The van der Waals surface area contributed by atoms with Crippen molar-refractivity contribution in [2.45, 2.75) is 51.3 Å². The van der Waals surface area contributed by atoms with Crippen LogP contribution in [0.5, 0.6) is 0 Å². The fourth-order valence-corrected chi connectivity index (χ4v) is 8.61. The number of nitrogens with zero attached hydrogens (tertiary/aromatic N) is 2. The summed E-state index contributed by atoms with van der Waals surface area (Å²) in [7, 11) is 3.47. The molecule has 0 atom stereocenters. The maximum Gasteiger partial charge on any atom is 0.263 e. The van der Waals surface area contributed by atoms with E-state index in [1.54, 1.807) is 37.3 Å². The van der Waals surface area contributed by atoms with E-state index in [4.69, 9.17) is 9.47 Å². The summed E-state index contributed by atoms with van der Waals surface area (Å²) in [4.78, 5) is 17.6. The topological polar surface area (TPSA) is 42.7 Å². The van der Waals surface area contributed by atoms with Gasteiger partial charge >= 0.3 is 0 Å². The second-order valence-corrected chi connectivity index (χ2v) is 14.7. The van der Waals surface area contributed by atoms with Gasteiger partial charge in [0.1, 0.15) is 11.3 Å². The zero-order valence-corrected chi connectivity index (χ0v) is 29.3. The van der Waals surface area contributed by atoms with E-state index in [1.165, 1.54) is 27.1 Å². The van der Waals surface area contributed by atoms with Crippen LogP contribution in [0.3, 0.4) is 0 Å². The van der Waals surface area contributed by atoms with E-state index in [1.807, 2.05) is 0 Å². The minimum atomic E-state index is -0.256. The number of carbonyl (C=O) groups is 1. The molecule has 1 aliphatic carbocycles. The molecule has 0 bridgehead atoms. The summed E-state index contributed by atoms with van der Waals surface area (Å²) in [5.74, 6) is 1.38. The number of hydrogen-bond donors (Lipinski definition) is 0. The first-order valence-electron chi connectivity index (χ1n) is 16.0. The molecule has 0 N–H and O–H groups in total. The van der Waals surface area contributed by atoms with Crippen molar-refractivity contribution in [2.24, 2.45) is 0 Å². The number of aromatic nitrogens is 1. The molecule has 7 heteroatoms. The molecule has 0 fully saturated rings. The number of hydrogen-bond acceptors (Lipinski definition) is 6. The highest BCUT2D eigenvalue weighted by molar-refractivity contribution is 8.02. The van der Waals surface area contributed by atoms with Gasteiger partial charge in [0.2, 0.25) is 5.52 Å². The predicted molar refractivity (Wildman–Crippen MR) is 193 cm³/mol. The summed E-state index contributed by atoms with van der Waals surface area (Å²) in [6.07, 6.45) is 4.26. The first kappa shape index (κ1) is 32.5. The van der Waals surface area contributed by atoms with Crippen molar-refractivity contribution < 1.29 is 18.8 Å². The number of Topliss-reactive ketones (excluding diaryl/α,β-unsaturated/α-hetero) is 1. The number of thioether (sulfide) groups is 1. The Hall–Kier alpha value is -3.49. The molecule has 0 unspecified atom stereocenters. The standard InChI is InChI=1S/C39H43N2O3S2/c1-26(2)28-17-15-27(16-18-28)25-45-38-29(23-35-39(3,4)31-11-7-8-12-32(31)40(35)19-21-43-5)37(42)30(38)24-36-41(20-22-44-6)33-13-9-10-14-34(33)46-36/h7-18,23-24,26H,19-22,25H2,1-6H3/q+1. The maximum absolute atomic E-state index is 14.2. The van der Waals surface area contributed by atoms with Gasteiger partial charge in [0.05, 0.1) is 6.61 Å². The predicted octanol–water partition coefficient (Wildman–Crippen LogP) is 8.44. The molecular weight excluding hydrogens is 609 g/mol. The van der Waals surface area contributed by atoms with Crippen LogP contribution in [-0.4, -0.2) is 39.8 Å². The summed E-state index contributed by atoms with van der Waals surface area (Å²) < 4.78 is 14.4. The van der Waals surface area contributed by atoms with Gasteiger partial charge in [0, 0.05) is 71.5 Å². The Morgan fingerprint density at radius 3 is 2.39 bits per heavy atom. The average Bonchev–Trinajstić information content (AvgIpc) is 3.52. The minimum absolute atomic E-state index is 0.0966. The van der Waals surface area contributed by atoms with E-state index in [2.05, 4.69) is 122 Å². The van der Waals surface area contributed by atoms with Crippen LogP contribution in [0.2, 0.25) is 0 Å². The van der Waals surface area contributed by atoms with Gasteiger partial charge in [-0.05, 0) is 40.8 Å². The van der Waals surface area contributed by atoms with Gasteiger partial charge in [0.15, 0.2) is 12.3 Å². The Balaban J connectivity index is 1.44. The monoisotopic (exact) mass is 651 g/mol. The molecule has 0 saturated heterocycles. The van der Waals surface area contributed by atoms with Crippen molar-refractivity contribution in [3.63, 3.8) is 0 Å². The number of carbonyl (C=O) groups excluding carboxylic acids is 1. The van der Waals surface area contributed by atoms with Crippen LogP contribution in [0.4, 0.5) is 5.69 Å². The highest BCUT2D eigenvalue weighted by Crippen LogP contribution is 2.50. The molecule has 1 aromatic heterocycles. The molecule has 1 aliphatic heterocycles. The third kappa shape index (κ3) is 6.14. The molecule has 238 valence electrons. The van der Waals surface area contributed by atoms with Gasteiger partial charge in [-0.3, -0.25) is 4.79 Å². The van der Waals surface area contributed by atoms with Crippen LogP contribution in [0.1, 0.15) is 55.3 Å². The highest BCUT2D eigenvalue weighted by Gasteiger charge is 2.42. The third-order valence-electron chi connectivity index (χ3n) is 9.03. The van der Waals surface area contributed by atoms with Gasteiger partial charge in [-0.2, -0.15) is 4.57 Å². The number of para-hydroxylation sites is 2. The first-order valence-corrected chi connectivity index (χ1v) is 17.8. The molecule has 4 aromatic rings. The van der Waals surface area contributed by atoms with Crippen LogP contribution in [-0.2, 0) is 32.0 Å². The van der Waals surface area contributed by atoms with Gasteiger partial charge in [0.25, 0.3) is 5.01 Å². The van der Waals surface area contributed by atoms with Crippen LogP contribution >= 0.6 is 23.1 Å². The van der Waals surface area contributed by atoms with Crippen LogP contribution < -0.4 is 9.47 Å². The van der Waals surface area contributed by atoms with E-state index in [0.717, 1.165) is 51.1 Å². The molecule has 2 heterocycles. The Kier molecular flexibility index (Phi) is 9.67. The van der Waals surface area contributed by atoms with Gasteiger partial charge < -0.3 is 14.4 Å². The molecule has 46 heavy (non-hydrogen) atoms. The smallest absolute Gasteiger partial charge is 0.263 e. The normalized spacial score (nSPS) is 17.5. The Morgan fingerprint density at radius 2 is 1.65 bits per heavy atom. The molecule has 0 radical (unpaired) electrons. The zero-order chi connectivity index (χ0) is 32.4. The fraction of sp³-hybridized carbons (Fsp3) is 0.333. The number of thiazole rings is 1.